The van der Waals surface area contributed by atoms with Crippen molar-refractivity contribution in [2.75, 3.05) is 6.54 Å². The van der Waals surface area contributed by atoms with Crippen LogP contribution in [0.15, 0.2) is 18.2 Å². The van der Waals surface area contributed by atoms with Gasteiger partial charge in [-0.3, -0.25) is 9.59 Å². The molecule has 1 aliphatic heterocycles. The lowest BCUT2D eigenvalue weighted by atomic mass is 9.85. The summed E-state index contributed by atoms with van der Waals surface area (Å²) in [7, 11) is 0. The quantitative estimate of drug-likeness (QED) is 0.884. The van der Waals surface area contributed by atoms with Gasteiger partial charge in [0.1, 0.15) is 6.04 Å². The molecule has 1 saturated heterocycles. The van der Waals surface area contributed by atoms with E-state index in [0.717, 1.165) is 19.3 Å². The summed E-state index contributed by atoms with van der Waals surface area (Å²) in [6, 6.07) is 6.01. The molecular formula is C20H28N2O3. The van der Waals surface area contributed by atoms with Crippen molar-refractivity contribution < 1.29 is 14.7 Å². The van der Waals surface area contributed by atoms with Gasteiger partial charge in [-0.25, -0.2) is 0 Å². The van der Waals surface area contributed by atoms with Crippen molar-refractivity contribution in [3.63, 3.8) is 0 Å². The Morgan fingerprint density at radius 1 is 1.32 bits per heavy atom. The maximum atomic E-state index is 12.8. The minimum atomic E-state index is -0.620. The van der Waals surface area contributed by atoms with Gasteiger partial charge in [-0.2, -0.15) is 0 Å². The Balaban J connectivity index is 1.79. The van der Waals surface area contributed by atoms with Crippen LogP contribution in [0.2, 0.25) is 0 Å². The standard InChI is InChI=1S/C20H28N2O3/c1-12(2)15-8-7-14-5-4-6-18(17(14)9-15)21-20(25)19-10-16(24)11-22(19)13(3)23/h7-9,12,16,18-19,24H,4-6,10-11H2,1-3H3,(H,21,25)/t16-,18-,19-/m1/s1. The highest BCUT2D eigenvalue weighted by atomic mass is 16.3. The van der Waals surface area contributed by atoms with Crippen molar-refractivity contribution in [2.24, 2.45) is 0 Å². The fourth-order valence-corrected chi connectivity index (χ4v) is 4.00. The van der Waals surface area contributed by atoms with Crippen LogP contribution in [0.5, 0.6) is 0 Å². The predicted molar refractivity (Wildman–Crippen MR) is 96.2 cm³/mol. The normalized spacial score (nSPS) is 25.8. The van der Waals surface area contributed by atoms with E-state index in [-0.39, 0.29) is 24.4 Å². The average Bonchev–Trinajstić information content (AvgIpc) is 2.97. The Bertz CT molecular complexity index is 671. The molecular weight excluding hydrogens is 316 g/mol. The first-order valence-corrected chi connectivity index (χ1v) is 9.25. The zero-order valence-electron chi connectivity index (χ0n) is 15.3. The number of nitrogens with zero attached hydrogens (tertiary/aromatic N) is 1. The average molecular weight is 344 g/mol. The number of aliphatic hydroxyl groups excluding tert-OH is 1. The van der Waals surface area contributed by atoms with E-state index in [1.165, 1.54) is 28.5 Å². The molecule has 0 aromatic heterocycles. The monoisotopic (exact) mass is 344 g/mol. The maximum Gasteiger partial charge on any atom is 0.243 e. The Morgan fingerprint density at radius 3 is 2.76 bits per heavy atom. The van der Waals surface area contributed by atoms with Crippen LogP contribution in [-0.2, 0) is 16.0 Å². The second-order valence-corrected chi connectivity index (χ2v) is 7.64. The number of benzene rings is 1. The molecule has 5 nitrogen and oxygen atoms in total. The van der Waals surface area contributed by atoms with Gasteiger partial charge in [0.25, 0.3) is 0 Å². The van der Waals surface area contributed by atoms with Crippen LogP contribution in [0, 0.1) is 0 Å². The molecule has 0 radical (unpaired) electrons. The number of rotatable bonds is 3. The first kappa shape index (κ1) is 17.9. The molecule has 5 heteroatoms. The number of likely N-dealkylation sites (tertiary alicyclic amines) is 1. The molecule has 1 aliphatic carbocycles. The predicted octanol–water partition coefficient (Wildman–Crippen LogP) is 2.29. The van der Waals surface area contributed by atoms with Gasteiger partial charge < -0.3 is 15.3 Å². The zero-order chi connectivity index (χ0) is 18.1. The van der Waals surface area contributed by atoms with Gasteiger partial charge in [0.05, 0.1) is 12.1 Å². The maximum absolute atomic E-state index is 12.8. The largest absolute Gasteiger partial charge is 0.391 e. The molecule has 0 bridgehead atoms. The van der Waals surface area contributed by atoms with E-state index in [4.69, 9.17) is 0 Å². The lowest BCUT2D eigenvalue weighted by Gasteiger charge is -2.30. The van der Waals surface area contributed by atoms with Crippen LogP contribution in [-0.4, -0.2) is 40.5 Å². The van der Waals surface area contributed by atoms with Crippen molar-refractivity contribution in [3.05, 3.63) is 34.9 Å². The van der Waals surface area contributed by atoms with E-state index in [9.17, 15) is 14.7 Å². The molecule has 0 unspecified atom stereocenters. The van der Waals surface area contributed by atoms with E-state index in [2.05, 4.69) is 37.4 Å². The van der Waals surface area contributed by atoms with Crippen molar-refractivity contribution in [1.82, 2.24) is 10.2 Å². The molecule has 0 saturated carbocycles. The first-order chi connectivity index (χ1) is 11.9. The summed E-state index contributed by atoms with van der Waals surface area (Å²) in [6.45, 7) is 6.03. The molecule has 3 atom stereocenters. The summed E-state index contributed by atoms with van der Waals surface area (Å²) in [5.74, 6) is 0.129. The Kier molecular flexibility index (Phi) is 5.13. The van der Waals surface area contributed by atoms with Crippen molar-refractivity contribution in [3.8, 4) is 0 Å². The van der Waals surface area contributed by atoms with Gasteiger partial charge in [-0.05, 0) is 41.9 Å². The minimum absolute atomic E-state index is 0.0125. The van der Waals surface area contributed by atoms with Gasteiger partial charge >= 0.3 is 0 Å². The van der Waals surface area contributed by atoms with Crippen LogP contribution in [0.1, 0.15) is 68.7 Å². The molecule has 1 aromatic carbocycles. The van der Waals surface area contributed by atoms with Crippen LogP contribution in [0.25, 0.3) is 0 Å². The summed E-state index contributed by atoms with van der Waals surface area (Å²) < 4.78 is 0. The summed E-state index contributed by atoms with van der Waals surface area (Å²) in [4.78, 5) is 26.0. The number of aryl methyl sites for hydroxylation is 1. The summed E-state index contributed by atoms with van der Waals surface area (Å²) in [6.07, 6.45) is 2.70. The molecule has 2 N–H and O–H groups in total. The van der Waals surface area contributed by atoms with Crippen LogP contribution < -0.4 is 5.32 Å². The van der Waals surface area contributed by atoms with E-state index in [0.29, 0.717) is 12.3 Å². The molecule has 2 aliphatic rings. The Morgan fingerprint density at radius 2 is 2.08 bits per heavy atom. The molecule has 136 valence electrons. The smallest absolute Gasteiger partial charge is 0.243 e. The minimum Gasteiger partial charge on any atom is -0.391 e. The van der Waals surface area contributed by atoms with Gasteiger partial charge in [0.15, 0.2) is 0 Å². The molecule has 1 heterocycles. The Hall–Kier alpha value is -1.88. The third-order valence-electron chi connectivity index (χ3n) is 5.45. The van der Waals surface area contributed by atoms with Crippen LogP contribution >= 0.6 is 0 Å². The zero-order valence-corrected chi connectivity index (χ0v) is 15.3. The number of carbonyl (C=O) groups is 2. The molecule has 2 amide bonds. The lowest BCUT2D eigenvalue weighted by molar-refractivity contribution is -0.137. The number of hydrogen-bond donors (Lipinski definition) is 2. The van der Waals surface area contributed by atoms with Crippen molar-refractivity contribution >= 4 is 11.8 Å². The van der Waals surface area contributed by atoms with Crippen LogP contribution in [0.4, 0.5) is 0 Å². The third-order valence-corrected chi connectivity index (χ3v) is 5.45. The summed E-state index contributed by atoms with van der Waals surface area (Å²) in [5, 5.41) is 13.0. The number of hydrogen-bond acceptors (Lipinski definition) is 3. The second-order valence-electron chi connectivity index (χ2n) is 7.64. The number of β-amino-alcohol motifs (C(OH)–C–C–N with tert-alkyl or cyclic N) is 1. The van der Waals surface area contributed by atoms with E-state index in [1.54, 1.807) is 0 Å². The first-order valence-electron chi connectivity index (χ1n) is 9.25. The van der Waals surface area contributed by atoms with E-state index in [1.807, 2.05) is 0 Å². The van der Waals surface area contributed by atoms with E-state index < -0.39 is 12.1 Å². The van der Waals surface area contributed by atoms with Gasteiger partial charge in [0.2, 0.25) is 11.8 Å². The van der Waals surface area contributed by atoms with Crippen LogP contribution in [0.3, 0.4) is 0 Å². The van der Waals surface area contributed by atoms with Gasteiger partial charge in [-0.1, -0.05) is 32.0 Å². The molecule has 25 heavy (non-hydrogen) atoms. The summed E-state index contributed by atoms with van der Waals surface area (Å²) >= 11 is 0. The van der Waals surface area contributed by atoms with Gasteiger partial charge in [0, 0.05) is 19.9 Å². The third kappa shape index (κ3) is 3.71. The fourth-order valence-electron chi connectivity index (χ4n) is 4.00. The highest BCUT2D eigenvalue weighted by molar-refractivity contribution is 5.88. The van der Waals surface area contributed by atoms with Gasteiger partial charge in [-0.15, -0.1) is 0 Å². The van der Waals surface area contributed by atoms with Crippen molar-refractivity contribution in [1.29, 1.82) is 0 Å². The number of carbonyl (C=O) groups excluding carboxylic acids is 2. The SMILES string of the molecule is CC(=O)N1C[C@H](O)C[C@@H]1C(=O)N[C@@H]1CCCc2ccc(C(C)C)cc21. The number of fused-ring (bicyclic) bond motifs is 1. The van der Waals surface area contributed by atoms with Crippen molar-refractivity contribution in [2.45, 2.75) is 70.6 Å². The number of amides is 2. The van der Waals surface area contributed by atoms with E-state index >= 15 is 0 Å². The number of aliphatic hydroxyl groups is 1. The lowest BCUT2D eigenvalue weighted by Crippen LogP contribution is -2.46. The highest BCUT2D eigenvalue weighted by Crippen LogP contribution is 2.32. The fraction of sp³-hybridized carbons (Fsp3) is 0.600. The number of nitrogens with one attached hydrogen (secondary N) is 1. The second kappa shape index (κ2) is 7.16. The summed E-state index contributed by atoms with van der Waals surface area (Å²) in [5.41, 5.74) is 3.79. The topological polar surface area (TPSA) is 69.6 Å². The molecule has 1 fully saturated rings. The molecule has 3 rings (SSSR count). The molecule has 0 spiro atoms. The highest BCUT2D eigenvalue weighted by Gasteiger charge is 2.38. The molecule has 1 aromatic rings. The Labute approximate surface area is 149 Å².